The molecule has 1 aromatic heterocycles. The second-order valence-corrected chi connectivity index (χ2v) is 5.10. The van der Waals surface area contributed by atoms with Crippen molar-refractivity contribution >= 4 is 6.41 Å². The summed E-state index contributed by atoms with van der Waals surface area (Å²) in [6, 6.07) is 5.81. The Kier molecular flexibility index (Phi) is 5.80. The summed E-state index contributed by atoms with van der Waals surface area (Å²) in [6.45, 7) is 5.13. The number of carbonyl (C=O) groups is 1. The summed E-state index contributed by atoms with van der Waals surface area (Å²) in [5.74, 6) is 0.570. The molecule has 0 saturated carbocycles. The molecule has 20 heavy (non-hydrogen) atoms. The zero-order valence-corrected chi connectivity index (χ0v) is 12.0. The van der Waals surface area contributed by atoms with Crippen LogP contribution in [0.3, 0.4) is 0 Å². The van der Waals surface area contributed by atoms with E-state index in [2.05, 4.69) is 15.2 Å². The normalized spacial score (nSPS) is 17.4. The maximum Gasteiger partial charge on any atom is 0.215 e. The summed E-state index contributed by atoms with van der Waals surface area (Å²) in [6.07, 6.45) is 4.94. The van der Waals surface area contributed by atoms with Crippen LogP contribution in [0, 0.1) is 0 Å². The lowest BCUT2D eigenvalue weighted by atomic mass is 10.1. The summed E-state index contributed by atoms with van der Waals surface area (Å²) < 4.78 is 5.66. The number of hydrogen-bond acceptors (Lipinski definition) is 4. The zero-order valence-electron chi connectivity index (χ0n) is 12.0. The number of ether oxygens (including phenoxy) is 1. The Morgan fingerprint density at radius 1 is 1.40 bits per heavy atom. The number of rotatable bonds is 7. The topological polar surface area (TPSA) is 54.5 Å². The van der Waals surface area contributed by atoms with Crippen molar-refractivity contribution in [3.05, 3.63) is 23.9 Å². The summed E-state index contributed by atoms with van der Waals surface area (Å²) in [4.78, 5) is 17.4. The van der Waals surface area contributed by atoms with Gasteiger partial charge in [0, 0.05) is 19.0 Å². The average Bonchev–Trinajstić information content (AvgIpc) is 2.48. The average molecular weight is 277 g/mol. The van der Waals surface area contributed by atoms with Crippen molar-refractivity contribution in [1.29, 1.82) is 0 Å². The summed E-state index contributed by atoms with van der Waals surface area (Å²) in [5, 5.41) is 2.63. The van der Waals surface area contributed by atoms with Gasteiger partial charge in [0.15, 0.2) is 6.23 Å². The molecule has 2 rings (SSSR count). The maximum absolute atomic E-state index is 10.5. The highest BCUT2D eigenvalue weighted by Gasteiger charge is 2.12. The van der Waals surface area contributed by atoms with Gasteiger partial charge in [-0.25, -0.2) is 4.98 Å². The van der Waals surface area contributed by atoms with Crippen LogP contribution < -0.4 is 10.1 Å². The Hall–Kier alpha value is -1.62. The van der Waals surface area contributed by atoms with Gasteiger partial charge in [0.2, 0.25) is 12.3 Å². The SMILES string of the molecule is CCC(NC=O)Oc1cccc(CN2CCCCC2)n1. The van der Waals surface area contributed by atoms with E-state index in [1.165, 1.54) is 19.3 Å². The summed E-state index contributed by atoms with van der Waals surface area (Å²) in [7, 11) is 0. The fourth-order valence-electron chi connectivity index (χ4n) is 2.41. The second kappa shape index (κ2) is 7.85. The molecule has 1 aliphatic heterocycles. The Bertz CT molecular complexity index is 419. The first kappa shape index (κ1) is 14.8. The van der Waals surface area contributed by atoms with Crippen LogP contribution in [0.1, 0.15) is 38.3 Å². The monoisotopic (exact) mass is 277 g/mol. The molecule has 1 unspecified atom stereocenters. The van der Waals surface area contributed by atoms with E-state index in [-0.39, 0.29) is 6.23 Å². The zero-order chi connectivity index (χ0) is 14.2. The molecule has 110 valence electrons. The van der Waals surface area contributed by atoms with Crippen LogP contribution in [-0.4, -0.2) is 35.6 Å². The van der Waals surface area contributed by atoms with Gasteiger partial charge < -0.3 is 10.1 Å². The molecule has 0 spiro atoms. The molecule has 5 nitrogen and oxygen atoms in total. The number of nitrogens with one attached hydrogen (secondary N) is 1. The fraction of sp³-hybridized carbons (Fsp3) is 0.600. The minimum absolute atomic E-state index is 0.315. The minimum Gasteiger partial charge on any atom is -0.454 e. The van der Waals surface area contributed by atoms with Gasteiger partial charge in [0.05, 0.1) is 5.69 Å². The number of nitrogens with zero attached hydrogens (tertiary/aromatic N) is 2. The van der Waals surface area contributed by atoms with E-state index in [4.69, 9.17) is 4.74 Å². The van der Waals surface area contributed by atoms with Crippen molar-refractivity contribution in [1.82, 2.24) is 15.2 Å². The highest BCUT2D eigenvalue weighted by molar-refractivity contribution is 5.46. The quantitative estimate of drug-likeness (QED) is 0.611. The Labute approximate surface area is 120 Å². The van der Waals surface area contributed by atoms with Crippen LogP contribution in [0.15, 0.2) is 18.2 Å². The van der Waals surface area contributed by atoms with Crippen LogP contribution in [0.4, 0.5) is 0 Å². The van der Waals surface area contributed by atoms with E-state index < -0.39 is 0 Å². The largest absolute Gasteiger partial charge is 0.454 e. The van der Waals surface area contributed by atoms with Gasteiger partial charge in [-0.15, -0.1) is 0 Å². The standard InChI is InChI=1S/C15H23N3O2/c1-2-14(16-12-19)20-15-8-6-7-13(17-15)11-18-9-4-3-5-10-18/h6-8,12,14H,2-5,9-11H2,1H3,(H,16,19). The molecular weight excluding hydrogens is 254 g/mol. The number of pyridine rings is 1. The first-order valence-electron chi connectivity index (χ1n) is 7.36. The number of aromatic nitrogens is 1. The number of likely N-dealkylation sites (tertiary alicyclic amines) is 1. The molecule has 0 aliphatic carbocycles. The van der Waals surface area contributed by atoms with E-state index in [0.29, 0.717) is 18.7 Å². The van der Waals surface area contributed by atoms with Crippen molar-refractivity contribution < 1.29 is 9.53 Å². The first-order chi connectivity index (χ1) is 9.81. The highest BCUT2D eigenvalue weighted by Crippen LogP contribution is 2.15. The predicted molar refractivity (Wildman–Crippen MR) is 77.3 cm³/mol. The van der Waals surface area contributed by atoms with E-state index in [9.17, 15) is 4.79 Å². The lowest BCUT2D eigenvalue weighted by Crippen LogP contribution is -2.33. The summed E-state index contributed by atoms with van der Waals surface area (Å²) in [5.41, 5.74) is 1.02. The summed E-state index contributed by atoms with van der Waals surface area (Å²) >= 11 is 0. The third-order valence-corrected chi connectivity index (χ3v) is 3.50. The lowest BCUT2D eigenvalue weighted by molar-refractivity contribution is -0.111. The Morgan fingerprint density at radius 2 is 2.20 bits per heavy atom. The first-order valence-corrected chi connectivity index (χ1v) is 7.36. The van der Waals surface area contributed by atoms with Crippen molar-refractivity contribution in [3.63, 3.8) is 0 Å². The van der Waals surface area contributed by atoms with Crippen LogP contribution in [0.25, 0.3) is 0 Å². The molecule has 0 radical (unpaired) electrons. The molecule has 1 atom stereocenters. The molecular formula is C15H23N3O2. The van der Waals surface area contributed by atoms with Gasteiger partial charge in [-0.2, -0.15) is 0 Å². The molecule has 2 heterocycles. The van der Waals surface area contributed by atoms with Crippen molar-refractivity contribution in [2.45, 2.75) is 45.4 Å². The second-order valence-electron chi connectivity index (χ2n) is 5.10. The third kappa shape index (κ3) is 4.49. The van der Waals surface area contributed by atoms with Crippen molar-refractivity contribution in [2.75, 3.05) is 13.1 Å². The molecule has 1 aromatic rings. The fourth-order valence-corrected chi connectivity index (χ4v) is 2.41. The van der Waals surface area contributed by atoms with E-state index in [1.807, 2.05) is 25.1 Å². The van der Waals surface area contributed by atoms with Crippen molar-refractivity contribution in [2.24, 2.45) is 0 Å². The van der Waals surface area contributed by atoms with E-state index in [0.717, 1.165) is 25.3 Å². The minimum atomic E-state index is -0.315. The van der Waals surface area contributed by atoms with Gasteiger partial charge >= 0.3 is 0 Å². The van der Waals surface area contributed by atoms with Gasteiger partial charge in [-0.05, 0) is 32.0 Å². The number of hydrogen-bond donors (Lipinski definition) is 1. The molecule has 0 aromatic carbocycles. The predicted octanol–water partition coefficient (Wildman–Crippen LogP) is 1.93. The van der Waals surface area contributed by atoms with Crippen LogP contribution in [0.5, 0.6) is 5.88 Å². The lowest BCUT2D eigenvalue weighted by Gasteiger charge is -2.26. The van der Waals surface area contributed by atoms with E-state index >= 15 is 0 Å². The number of piperidine rings is 1. The number of carbonyl (C=O) groups excluding carboxylic acids is 1. The van der Waals surface area contributed by atoms with Crippen LogP contribution >= 0.6 is 0 Å². The Morgan fingerprint density at radius 3 is 2.90 bits per heavy atom. The van der Waals surface area contributed by atoms with Gasteiger partial charge in [-0.1, -0.05) is 19.4 Å². The highest BCUT2D eigenvalue weighted by atomic mass is 16.5. The van der Waals surface area contributed by atoms with Gasteiger partial charge in [0.1, 0.15) is 0 Å². The smallest absolute Gasteiger partial charge is 0.215 e. The molecule has 1 N–H and O–H groups in total. The maximum atomic E-state index is 10.5. The molecule has 5 heteroatoms. The van der Waals surface area contributed by atoms with Crippen LogP contribution in [0.2, 0.25) is 0 Å². The number of amides is 1. The van der Waals surface area contributed by atoms with Crippen molar-refractivity contribution in [3.8, 4) is 5.88 Å². The van der Waals surface area contributed by atoms with E-state index in [1.54, 1.807) is 0 Å². The van der Waals surface area contributed by atoms with Gasteiger partial charge in [-0.3, -0.25) is 9.69 Å². The third-order valence-electron chi connectivity index (χ3n) is 3.50. The molecule has 1 saturated heterocycles. The molecule has 1 aliphatic rings. The van der Waals surface area contributed by atoms with Gasteiger partial charge in [0.25, 0.3) is 0 Å². The molecule has 0 bridgehead atoms. The molecule has 1 amide bonds. The van der Waals surface area contributed by atoms with Crippen LogP contribution in [-0.2, 0) is 11.3 Å². The Balaban J connectivity index is 1.94. The molecule has 1 fully saturated rings.